The van der Waals surface area contributed by atoms with Crippen molar-refractivity contribution >= 4 is 5.69 Å². The van der Waals surface area contributed by atoms with Crippen LogP contribution in [0.15, 0.2) is 36.4 Å². The van der Waals surface area contributed by atoms with Crippen molar-refractivity contribution < 1.29 is 14.2 Å². The molecule has 0 saturated heterocycles. The summed E-state index contributed by atoms with van der Waals surface area (Å²) in [4.78, 5) is 0. The van der Waals surface area contributed by atoms with Gasteiger partial charge in [0.1, 0.15) is 5.82 Å². The number of ether oxygens (including phenoxy) is 1. The van der Waals surface area contributed by atoms with Crippen molar-refractivity contribution in [1.29, 1.82) is 0 Å². The standard InChI is InChI=1S/C15H16FNO2/c1-10-6-7-12(16)13(8-10)17-9-11-4-3-5-14(19-2)15(11)18/h3-8,17-18H,9H2,1-2H3. The summed E-state index contributed by atoms with van der Waals surface area (Å²) in [5.74, 6) is 0.169. The monoisotopic (exact) mass is 261 g/mol. The van der Waals surface area contributed by atoms with E-state index in [1.54, 1.807) is 30.3 Å². The number of hydrogen-bond acceptors (Lipinski definition) is 3. The van der Waals surface area contributed by atoms with E-state index in [1.165, 1.54) is 13.2 Å². The normalized spacial score (nSPS) is 10.3. The Kier molecular flexibility index (Phi) is 3.90. The molecule has 0 aliphatic carbocycles. The third-order valence-electron chi connectivity index (χ3n) is 2.89. The van der Waals surface area contributed by atoms with E-state index < -0.39 is 0 Å². The molecule has 0 bridgehead atoms. The number of rotatable bonds is 4. The van der Waals surface area contributed by atoms with Crippen molar-refractivity contribution in [3.63, 3.8) is 0 Å². The highest BCUT2D eigenvalue weighted by molar-refractivity contribution is 5.50. The van der Waals surface area contributed by atoms with Crippen LogP contribution in [0.5, 0.6) is 11.5 Å². The molecule has 0 unspecified atom stereocenters. The molecule has 0 radical (unpaired) electrons. The van der Waals surface area contributed by atoms with Gasteiger partial charge in [-0.15, -0.1) is 0 Å². The second-order valence-electron chi connectivity index (χ2n) is 4.30. The summed E-state index contributed by atoms with van der Waals surface area (Å²) in [6, 6.07) is 10.1. The zero-order valence-electron chi connectivity index (χ0n) is 10.9. The lowest BCUT2D eigenvalue weighted by atomic mass is 10.1. The quantitative estimate of drug-likeness (QED) is 0.885. The molecule has 0 heterocycles. The number of phenols is 1. The van der Waals surface area contributed by atoms with Gasteiger partial charge in [0.15, 0.2) is 11.5 Å². The van der Waals surface area contributed by atoms with Gasteiger partial charge < -0.3 is 15.2 Å². The lowest BCUT2D eigenvalue weighted by Crippen LogP contribution is -2.02. The first-order valence-electron chi connectivity index (χ1n) is 5.96. The molecule has 0 spiro atoms. The number of nitrogens with one attached hydrogen (secondary N) is 1. The molecule has 0 aliphatic rings. The number of hydrogen-bond donors (Lipinski definition) is 2. The van der Waals surface area contributed by atoms with Gasteiger partial charge in [0, 0.05) is 12.1 Å². The number of halogens is 1. The fourth-order valence-corrected chi connectivity index (χ4v) is 1.84. The predicted molar refractivity (Wildman–Crippen MR) is 73.1 cm³/mol. The van der Waals surface area contributed by atoms with E-state index in [1.807, 2.05) is 6.92 Å². The smallest absolute Gasteiger partial charge is 0.162 e. The van der Waals surface area contributed by atoms with Crippen LogP contribution in [0.2, 0.25) is 0 Å². The van der Waals surface area contributed by atoms with Crippen LogP contribution in [0.1, 0.15) is 11.1 Å². The first kappa shape index (κ1) is 13.2. The van der Waals surface area contributed by atoms with Crippen LogP contribution < -0.4 is 10.1 Å². The molecular formula is C15H16FNO2. The van der Waals surface area contributed by atoms with Crippen LogP contribution in [-0.2, 0) is 6.54 Å². The zero-order valence-corrected chi connectivity index (χ0v) is 10.9. The molecule has 2 aromatic rings. The van der Waals surface area contributed by atoms with Crippen LogP contribution >= 0.6 is 0 Å². The summed E-state index contributed by atoms with van der Waals surface area (Å²) in [7, 11) is 1.49. The maximum atomic E-state index is 13.6. The minimum absolute atomic E-state index is 0.0746. The number of methoxy groups -OCH3 is 1. The van der Waals surface area contributed by atoms with Gasteiger partial charge in [-0.05, 0) is 30.7 Å². The molecule has 19 heavy (non-hydrogen) atoms. The summed E-state index contributed by atoms with van der Waals surface area (Å²) in [6.07, 6.45) is 0. The van der Waals surface area contributed by atoms with Gasteiger partial charge in [-0.1, -0.05) is 18.2 Å². The van der Waals surface area contributed by atoms with Gasteiger partial charge in [-0.2, -0.15) is 0 Å². The Morgan fingerprint density at radius 1 is 1.26 bits per heavy atom. The first-order chi connectivity index (χ1) is 9.11. The summed E-state index contributed by atoms with van der Waals surface area (Å²) < 4.78 is 18.6. The number of aryl methyl sites for hydroxylation is 1. The molecule has 0 aliphatic heterocycles. The molecule has 0 fully saturated rings. The predicted octanol–water partition coefficient (Wildman–Crippen LogP) is 3.46. The fourth-order valence-electron chi connectivity index (χ4n) is 1.84. The maximum Gasteiger partial charge on any atom is 0.162 e. The number of phenolic OH excluding ortho intramolecular Hbond substituents is 1. The minimum atomic E-state index is -0.312. The van der Waals surface area contributed by atoms with Crippen LogP contribution in [0.3, 0.4) is 0 Å². The maximum absolute atomic E-state index is 13.6. The summed E-state index contributed by atoms with van der Waals surface area (Å²) in [6.45, 7) is 2.22. The topological polar surface area (TPSA) is 41.5 Å². The molecule has 100 valence electrons. The molecule has 2 rings (SSSR count). The van der Waals surface area contributed by atoms with Crippen molar-refractivity contribution in [3.8, 4) is 11.5 Å². The Bertz CT molecular complexity index is 584. The Morgan fingerprint density at radius 3 is 2.79 bits per heavy atom. The number of anilines is 1. The highest BCUT2D eigenvalue weighted by atomic mass is 19.1. The molecule has 0 saturated carbocycles. The van der Waals surface area contributed by atoms with Crippen LogP contribution in [-0.4, -0.2) is 12.2 Å². The van der Waals surface area contributed by atoms with Gasteiger partial charge in [-0.3, -0.25) is 0 Å². The number of para-hydroxylation sites is 1. The van der Waals surface area contributed by atoms with Gasteiger partial charge in [0.25, 0.3) is 0 Å². The second-order valence-corrected chi connectivity index (χ2v) is 4.30. The van der Waals surface area contributed by atoms with E-state index in [0.29, 0.717) is 23.5 Å². The molecule has 3 nitrogen and oxygen atoms in total. The first-order valence-corrected chi connectivity index (χ1v) is 5.96. The van der Waals surface area contributed by atoms with Gasteiger partial charge >= 0.3 is 0 Å². The van der Waals surface area contributed by atoms with E-state index in [9.17, 15) is 9.50 Å². The van der Waals surface area contributed by atoms with Crippen molar-refractivity contribution in [1.82, 2.24) is 0 Å². The van der Waals surface area contributed by atoms with Gasteiger partial charge in [0.2, 0.25) is 0 Å². The Hall–Kier alpha value is -2.23. The molecule has 4 heteroatoms. The van der Waals surface area contributed by atoms with E-state index in [0.717, 1.165) is 5.56 Å². The highest BCUT2D eigenvalue weighted by Crippen LogP contribution is 2.30. The van der Waals surface area contributed by atoms with Crippen molar-refractivity contribution in [2.24, 2.45) is 0 Å². The van der Waals surface area contributed by atoms with Crippen LogP contribution in [0.25, 0.3) is 0 Å². The zero-order chi connectivity index (χ0) is 13.8. The molecule has 0 atom stereocenters. The lowest BCUT2D eigenvalue weighted by molar-refractivity contribution is 0.371. The van der Waals surface area contributed by atoms with Crippen molar-refractivity contribution in [2.45, 2.75) is 13.5 Å². The molecule has 2 N–H and O–H groups in total. The molecule has 0 aromatic heterocycles. The Labute approximate surface area is 111 Å². The van der Waals surface area contributed by atoms with Crippen LogP contribution in [0, 0.1) is 12.7 Å². The average molecular weight is 261 g/mol. The van der Waals surface area contributed by atoms with Gasteiger partial charge in [0.05, 0.1) is 12.8 Å². The molecule has 2 aromatic carbocycles. The lowest BCUT2D eigenvalue weighted by Gasteiger charge is -2.11. The summed E-state index contributed by atoms with van der Waals surface area (Å²) in [5, 5.41) is 12.9. The third-order valence-corrected chi connectivity index (χ3v) is 2.89. The second kappa shape index (κ2) is 5.61. The molecular weight excluding hydrogens is 245 g/mol. The van der Waals surface area contributed by atoms with Crippen molar-refractivity contribution in [3.05, 3.63) is 53.3 Å². The minimum Gasteiger partial charge on any atom is -0.504 e. The number of benzene rings is 2. The Balaban J connectivity index is 2.17. The number of aromatic hydroxyl groups is 1. The summed E-state index contributed by atoms with van der Waals surface area (Å²) >= 11 is 0. The Morgan fingerprint density at radius 2 is 2.05 bits per heavy atom. The SMILES string of the molecule is COc1cccc(CNc2cc(C)ccc2F)c1O. The summed E-state index contributed by atoms with van der Waals surface area (Å²) in [5.41, 5.74) is 2.04. The average Bonchev–Trinajstić information content (AvgIpc) is 2.41. The van der Waals surface area contributed by atoms with Crippen LogP contribution in [0.4, 0.5) is 10.1 Å². The van der Waals surface area contributed by atoms with E-state index in [2.05, 4.69) is 5.32 Å². The van der Waals surface area contributed by atoms with E-state index >= 15 is 0 Å². The molecule has 0 amide bonds. The van der Waals surface area contributed by atoms with E-state index in [4.69, 9.17) is 4.74 Å². The fraction of sp³-hybridized carbons (Fsp3) is 0.200. The third kappa shape index (κ3) is 2.96. The van der Waals surface area contributed by atoms with E-state index in [-0.39, 0.29) is 11.6 Å². The largest absolute Gasteiger partial charge is 0.504 e. The van der Waals surface area contributed by atoms with Gasteiger partial charge in [-0.25, -0.2) is 4.39 Å². The highest BCUT2D eigenvalue weighted by Gasteiger charge is 2.08. The van der Waals surface area contributed by atoms with Crippen molar-refractivity contribution in [2.75, 3.05) is 12.4 Å².